The van der Waals surface area contributed by atoms with Crippen molar-refractivity contribution in [1.29, 1.82) is 0 Å². The molecule has 0 saturated carbocycles. The Labute approximate surface area is 355 Å². The maximum absolute atomic E-state index is 6.66. The molecule has 0 fully saturated rings. The summed E-state index contributed by atoms with van der Waals surface area (Å²) in [7, 11) is 0. The second kappa shape index (κ2) is 13.5. The second-order valence-electron chi connectivity index (χ2n) is 15.8. The molecule has 290 valence electrons. The van der Waals surface area contributed by atoms with Gasteiger partial charge >= 0.3 is 0 Å². The van der Waals surface area contributed by atoms with Crippen LogP contribution in [0.15, 0.2) is 217 Å². The van der Waals surface area contributed by atoms with Crippen LogP contribution >= 0.6 is 0 Å². The quantitative estimate of drug-likeness (QED) is 0.168. The molecule has 6 heteroatoms. The van der Waals surface area contributed by atoms with Gasteiger partial charge in [0.2, 0.25) is 0 Å². The summed E-state index contributed by atoms with van der Waals surface area (Å²) >= 11 is 0. The van der Waals surface area contributed by atoms with Crippen molar-refractivity contribution in [2.75, 3.05) is 0 Å². The van der Waals surface area contributed by atoms with E-state index in [2.05, 4.69) is 208 Å². The molecule has 0 unspecified atom stereocenters. The maximum atomic E-state index is 6.66. The van der Waals surface area contributed by atoms with Crippen LogP contribution < -0.4 is 0 Å². The average Bonchev–Trinajstić information content (AvgIpc) is 4.12. The predicted molar refractivity (Wildman–Crippen MR) is 254 cm³/mol. The van der Waals surface area contributed by atoms with E-state index < -0.39 is 0 Å². The molecular formula is C56H35N5O. The summed E-state index contributed by atoms with van der Waals surface area (Å²) in [4.78, 5) is 0. The Bertz CT molecular complexity index is 3810. The number of rotatable bonds is 6. The topological polar surface area (TPSA) is 53.7 Å². The van der Waals surface area contributed by atoms with Crippen molar-refractivity contribution < 1.29 is 4.42 Å². The summed E-state index contributed by atoms with van der Waals surface area (Å²) in [6.07, 6.45) is 0. The van der Waals surface area contributed by atoms with Crippen LogP contribution in [0.4, 0.5) is 0 Å². The molecular weight excluding hydrogens is 759 g/mol. The Morgan fingerprint density at radius 2 is 0.774 bits per heavy atom. The molecule has 0 aliphatic heterocycles. The summed E-state index contributed by atoms with van der Waals surface area (Å²) in [5.41, 5.74) is 13.6. The number of para-hydroxylation sites is 5. The minimum Gasteiger partial charge on any atom is -0.455 e. The molecule has 13 aromatic rings. The molecule has 0 radical (unpaired) electrons. The molecule has 9 aromatic carbocycles. The van der Waals surface area contributed by atoms with Crippen molar-refractivity contribution in [3.05, 3.63) is 212 Å². The molecule has 0 aliphatic rings. The Morgan fingerprint density at radius 1 is 0.306 bits per heavy atom. The number of fused-ring (bicyclic) bond motifs is 10. The minimum atomic E-state index is 0.786. The molecule has 0 spiro atoms. The highest BCUT2D eigenvalue weighted by Gasteiger charge is 2.25. The first-order valence-electron chi connectivity index (χ1n) is 20.9. The van der Waals surface area contributed by atoms with Crippen molar-refractivity contribution in [2.24, 2.45) is 0 Å². The van der Waals surface area contributed by atoms with Crippen LogP contribution in [-0.2, 0) is 0 Å². The lowest BCUT2D eigenvalue weighted by atomic mass is 10.0. The van der Waals surface area contributed by atoms with Gasteiger partial charge in [-0.2, -0.15) is 0 Å². The van der Waals surface area contributed by atoms with Crippen LogP contribution in [0.3, 0.4) is 0 Å². The van der Waals surface area contributed by atoms with Crippen molar-refractivity contribution >= 4 is 65.6 Å². The zero-order valence-electron chi connectivity index (χ0n) is 33.4. The fourth-order valence-corrected chi connectivity index (χ4v) is 9.79. The Hall–Kier alpha value is -8.48. The van der Waals surface area contributed by atoms with E-state index in [1.54, 1.807) is 0 Å². The fourth-order valence-electron chi connectivity index (χ4n) is 9.79. The van der Waals surface area contributed by atoms with Gasteiger partial charge in [0.25, 0.3) is 0 Å². The number of nitrogens with zero attached hydrogens (tertiary/aromatic N) is 5. The van der Waals surface area contributed by atoms with Crippen LogP contribution in [-0.4, -0.2) is 23.9 Å². The highest BCUT2D eigenvalue weighted by molar-refractivity contribution is 6.24. The predicted octanol–water partition coefficient (Wildman–Crippen LogP) is 14.4. The van der Waals surface area contributed by atoms with E-state index in [1.165, 1.54) is 0 Å². The van der Waals surface area contributed by atoms with Gasteiger partial charge in [-0.25, -0.2) is 0 Å². The van der Waals surface area contributed by atoms with Gasteiger partial charge in [0.05, 0.1) is 44.5 Å². The van der Waals surface area contributed by atoms with Gasteiger partial charge in [-0.15, -0.1) is 10.2 Å². The maximum Gasteiger partial charge on any atom is 0.168 e. The minimum absolute atomic E-state index is 0.786. The Balaban J connectivity index is 1.07. The third-order valence-electron chi connectivity index (χ3n) is 12.4. The van der Waals surface area contributed by atoms with Gasteiger partial charge < -0.3 is 13.6 Å². The largest absolute Gasteiger partial charge is 0.455 e. The first-order valence-corrected chi connectivity index (χ1v) is 20.9. The van der Waals surface area contributed by atoms with Crippen LogP contribution in [0.2, 0.25) is 0 Å². The van der Waals surface area contributed by atoms with E-state index in [0.29, 0.717) is 0 Å². The summed E-state index contributed by atoms with van der Waals surface area (Å²) < 4.78 is 13.7. The van der Waals surface area contributed by atoms with Crippen LogP contribution in [0, 0.1) is 0 Å². The molecule has 0 bridgehead atoms. The van der Waals surface area contributed by atoms with E-state index in [1.807, 2.05) is 18.2 Å². The number of benzene rings is 9. The number of furan rings is 1. The van der Waals surface area contributed by atoms with Crippen LogP contribution in [0.25, 0.3) is 117 Å². The average molecular weight is 794 g/mol. The summed E-state index contributed by atoms with van der Waals surface area (Å²) in [6.45, 7) is 0. The summed E-state index contributed by atoms with van der Waals surface area (Å²) in [5, 5.41) is 16.5. The molecule has 0 aliphatic carbocycles. The highest BCUT2D eigenvalue weighted by atomic mass is 16.3. The van der Waals surface area contributed by atoms with Crippen LogP contribution in [0.5, 0.6) is 0 Å². The molecule has 62 heavy (non-hydrogen) atoms. The van der Waals surface area contributed by atoms with Gasteiger partial charge in [0.1, 0.15) is 11.2 Å². The number of hydrogen-bond acceptors (Lipinski definition) is 3. The number of hydrogen-bond donors (Lipinski definition) is 0. The van der Waals surface area contributed by atoms with E-state index in [0.717, 1.165) is 117 Å². The van der Waals surface area contributed by atoms with Gasteiger partial charge in [-0.1, -0.05) is 158 Å². The monoisotopic (exact) mass is 793 g/mol. The second-order valence-corrected chi connectivity index (χ2v) is 15.8. The lowest BCUT2D eigenvalue weighted by Gasteiger charge is -2.18. The van der Waals surface area contributed by atoms with Crippen molar-refractivity contribution in [3.8, 4) is 51.0 Å². The van der Waals surface area contributed by atoms with Crippen molar-refractivity contribution in [3.63, 3.8) is 0 Å². The Kier molecular flexibility index (Phi) is 7.50. The lowest BCUT2D eigenvalue weighted by molar-refractivity contribution is 0.673. The van der Waals surface area contributed by atoms with Crippen molar-refractivity contribution in [2.45, 2.75) is 0 Å². The SMILES string of the molecule is c1ccc(-c2nnc(-c3ccccc3)n2-c2cccc3c2c2ccccc2n3-c2ccccc2-c2ccccc2-n2c3ccccc3c3c4oc5ccccc5c4ccc32)cc1. The zero-order chi connectivity index (χ0) is 40.7. The van der Waals surface area contributed by atoms with E-state index in [4.69, 9.17) is 14.6 Å². The van der Waals surface area contributed by atoms with Gasteiger partial charge in [-0.3, -0.25) is 4.57 Å². The lowest BCUT2D eigenvalue weighted by Crippen LogP contribution is -2.02. The molecule has 13 rings (SSSR count). The first kappa shape index (κ1) is 34.4. The third-order valence-corrected chi connectivity index (χ3v) is 12.4. The Morgan fingerprint density at radius 3 is 1.40 bits per heavy atom. The third kappa shape index (κ3) is 4.98. The van der Waals surface area contributed by atoms with Crippen LogP contribution in [0.1, 0.15) is 0 Å². The van der Waals surface area contributed by atoms with Gasteiger partial charge in [0.15, 0.2) is 11.6 Å². The number of aromatic nitrogens is 5. The summed E-state index contributed by atoms with van der Waals surface area (Å²) in [5.74, 6) is 1.57. The smallest absolute Gasteiger partial charge is 0.168 e. The molecule has 0 atom stereocenters. The van der Waals surface area contributed by atoms with E-state index in [-0.39, 0.29) is 0 Å². The van der Waals surface area contributed by atoms with E-state index in [9.17, 15) is 0 Å². The molecule has 0 saturated heterocycles. The van der Waals surface area contributed by atoms with E-state index >= 15 is 0 Å². The fraction of sp³-hybridized carbons (Fsp3) is 0. The molecule has 0 amide bonds. The normalized spacial score (nSPS) is 11.9. The highest BCUT2D eigenvalue weighted by Crippen LogP contribution is 2.45. The van der Waals surface area contributed by atoms with Gasteiger partial charge in [-0.05, 0) is 54.6 Å². The van der Waals surface area contributed by atoms with Gasteiger partial charge in [0, 0.05) is 49.2 Å². The molecule has 6 nitrogen and oxygen atoms in total. The summed E-state index contributed by atoms with van der Waals surface area (Å²) in [6, 6.07) is 75.1. The first-order chi connectivity index (χ1) is 30.8. The molecule has 0 N–H and O–H groups in total. The molecule has 4 aromatic heterocycles. The zero-order valence-corrected chi connectivity index (χ0v) is 33.4. The molecule has 4 heterocycles. The van der Waals surface area contributed by atoms with Crippen molar-refractivity contribution in [1.82, 2.24) is 23.9 Å². The standard InChI is InChI=1S/C56H35N5O/c1-3-18-36(19-4-1)55-57-58-56(37-20-5-2-6-21-37)61(55)49-32-17-31-48-52(49)42-25-9-14-29-46(42)59(48)44-27-12-7-22-38(44)39-23-8-13-28-45(39)60-47-30-15-10-26-43(47)53-50(60)35-34-41-40-24-11-16-33-51(40)62-54(41)53/h1-35H.